The van der Waals surface area contributed by atoms with Crippen molar-refractivity contribution in [3.05, 3.63) is 71.8 Å². The molecule has 6 rings (SSSR count). The number of hydrogen-bond acceptors (Lipinski definition) is 0. The summed E-state index contributed by atoms with van der Waals surface area (Å²) in [5.41, 5.74) is 2.73. The van der Waals surface area contributed by atoms with Gasteiger partial charge in [0, 0.05) is 0 Å². The van der Waals surface area contributed by atoms with Crippen LogP contribution in [-0.2, 0) is 0 Å². The molecule has 0 aliphatic heterocycles. The molecule has 0 nitrogen and oxygen atoms in total. The molecule has 5 aromatic carbocycles. The van der Waals surface area contributed by atoms with Crippen molar-refractivity contribution in [2.45, 2.75) is 0 Å². The number of fused-ring (bicyclic) bond motifs is 2. The van der Waals surface area contributed by atoms with Crippen LogP contribution in [-0.4, -0.2) is 0 Å². The molecule has 0 saturated carbocycles. The van der Waals surface area contributed by atoms with Gasteiger partial charge >= 0.3 is 0 Å². The van der Waals surface area contributed by atoms with Crippen molar-refractivity contribution >= 4 is 55.2 Å². The second-order valence-corrected chi connectivity index (χ2v) is 6.20. The highest BCUT2D eigenvalue weighted by Gasteiger charge is 2.17. The summed E-state index contributed by atoms with van der Waals surface area (Å²) in [6, 6.07) is 22.4. The quantitative estimate of drug-likeness (QED) is 0.228. The van der Waals surface area contributed by atoms with Gasteiger partial charge in [0.25, 0.3) is 0 Å². The van der Waals surface area contributed by atoms with E-state index in [0.29, 0.717) is 0 Å². The lowest BCUT2D eigenvalue weighted by atomic mass is 9.88. The summed E-state index contributed by atoms with van der Waals surface area (Å²) in [5.74, 6) is 0. The van der Waals surface area contributed by atoms with Gasteiger partial charge in [-0.1, -0.05) is 72.8 Å². The fraction of sp³-hybridized carbons (Fsp3) is 0. The van der Waals surface area contributed by atoms with Gasteiger partial charge in [0.05, 0.1) is 0 Å². The SMILES string of the molecule is C1=Cc2c3ccc4cccc5ccc(c6cccc1c26)c3c45. The Balaban J connectivity index is 2.09. The number of rotatable bonds is 0. The molecule has 0 spiro atoms. The Morgan fingerprint density at radius 2 is 1.18 bits per heavy atom. The first-order valence-corrected chi connectivity index (χ1v) is 7.72. The van der Waals surface area contributed by atoms with Gasteiger partial charge in [-0.2, -0.15) is 0 Å². The molecular formula is C22H12. The van der Waals surface area contributed by atoms with E-state index in [9.17, 15) is 0 Å². The summed E-state index contributed by atoms with van der Waals surface area (Å²) in [6.07, 6.45) is 4.53. The van der Waals surface area contributed by atoms with Gasteiger partial charge in [0.2, 0.25) is 0 Å². The molecule has 0 atom stereocenters. The lowest BCUT2D eigenvalue weighted by Crippen LogP contribution is -1.88. The highest BCUT2D eigenvalue weighted by Crippen LogP contribution is 2.44. The van der Waals surface area contributed by atoms with Crippen LogP contribution in [0.5, 0.6) is 0 Å². The molecule has 0 saturated heterocycles. The van der Waals surface area contributed by atoms with E-state index in [2.05, 4.69) is 72.8 Å². The fourth-order valence-corrected chi connectivity index (χ4v) is 4.25. The minimum atomic E-state index is 1.33. The van der Waals surface area contributed by atoms with E-state index in [1.54, 1.807) is 0 Å². The highest BCUT2D eigenvalue weighted by atomic mass is 14.2. The van der Waals surface area contributed by atoms with Gasteiger partial charge in [0.15, 0.2) is 0 Å². The molecule has 0 fully saturated rings. The monoisotopic (exact) mass is 276 g/mol. The fourth-order valence-electron chi connectivity index (χ4n) is 4.25. The van der Waals surface area contributed by atoms with Crippen LogP contribution in [0.1, 0.15) is 11.1 Å². The summed E-state index contributed by atoms with van der Waals surface area (Å²) in [5, 5.41) is 11.0. The molecule has 0 unspecified atom stereocenters. The predicted octanol–water partition coefficient (Wildman–Crippen LogP) is 6.22. The molecule has 1 aliphatic carbocycles. The van der Waals surface area contributed by atoms with Crippen molar-refractivity contribution in [3.8, 4) is 0 Å². The molecule has 0 aromatic heterocycles. The lowest BCUT2D eigenvalue weighted by Gasteiger charge is -2.15. The van der Waals surface area contributed by atoms with Crippen molar-refractivity contribution in [2.24, 2.45) is 0 Å². The van der Waals surface area contributed by atoms with Crippen LogP contribution < -0.4 is 0 Å². The summed E-state index contributed by atoms with van der Waals surface area (Å²) >= 11 is 0. The Morgan fingerprint density at radius 3 is 2.05 bits per heavy atom. The van der Waals surface area contributed by atoms with Gasteiger partial charge < -0.3 is 0 Å². The van der Waals surface area contributed by atoms with E-state index in [0.717, 1.165) is 0 Å². The normalized spacial score (nSPS) is 13.3. The Bertz CT molecular complexity index is 1240. The molecule has 0 N–H and O–H groups in total. The molecular weight excluding hydrogens is 264 g/mol. The van der Waals surface area contributed by atoms with Crippen molar-refractivity contribution in [2.75, 3.05) is 0 Å². The minimum absolute atomic E-state index is 1.33. The third kappa shape index (κ3) is 1.09. The van der Waals surface area contributed by atoms with Gasteiger partial charge in [-0.3, -0.25) is 0 Å². The second kappa shape index (κ2) is 3.48. The Hall–Kier alpha value is -2.86. The molecule has 0 radical (unpaired) electrons. The zero-order valence-electron chi connectivity index (χ0n) is 11.9. The minimum Gasteiger partial charge on any atom is -0.0610 e. The topological polar surface area (TPSA) is 0 Å². The molecule has 0 heteroatoms. The third-order valence-electron chi connectivity index (χ3n) is 5.15. The van der Waals surface area contributed by atoms with Gasteiger partial charge in [-0.05, 0) is 54.2 Å². The van der Waals surface area contributed by atoms with Crippen LogP contribution >= 0.6 is 0 Å². The summed E-state index contributed by atoms with van der Waals surface area (Å²) < 4.78 is 0. The molecule has 22 heavy (non-hydrogen) atoms. The van der Waals surface area contributed by atoms with Gasteiger partial charge in [-0.25, -0.2) is 0 Å². The van der Waals surface area contributed by atoms with Crippen LogP contribution in [0, 0.1) is 0 Å². The summed E-state index contributed by atoms with van der Waals surface area (Å²) in [4.78, 5) is 0. The average molecular weight is 276 g/mol. The maximum Gasteiger partial charge on any atom is -0.00143 e. The van der Waals surface area contributed by atoms with E-state index in [1.807, 2.05) is 0 Å². The van der Waals surface area contributed by atoms with Gasteiger partial charge in [-0.15, -0.1) is 0 Å². The van der Waals surface area contributed by atoms with E-state index >= 15 is 0 Å². The number of benzene rings is 5. The third-order valence-corrected chi connectivity index (χ3v) is 5.15. The maximum absolute atomic E-state index is 2.30. The Kier molecular flexibility index (Phi) is 1.71. The largest absolute Gasteiger partial charge is 0.0610 e. The van der Waals surface area contributed by atoms with E-state index in [-0.39, 0.29) is 0 Å². The van der Waals surface area contributed by atoms with Crippen LogP contribution in [0.3, 0.4) is 0 Å². The molecule has 0 heterocycles. The van der Waals surface area contributed by atoms with Crippen LogP contribution in [0.2, 0.25) is 0 Å². The zero-order valence-corrected chi connectivity index (χ0v) is 11.9. The standard InChI is InChI=1S/C22H12/c1-3-13-7-11-18-16-6-2-5-15-9-10-17(21(15)16)19-12-8-14(4-1)20(13)22(18)19/h1-12H. The van der Waals surface area contributed by atoms with Crippen molar-refractivity contribution in [1.29, 1.82) is 0 Å². The first-order valence-electron chi connectivity index (χ1n) is 7.72. The lowest BCUT2D eigenvalue weighted by molar-refractivity contribution is 1.76. The van der Waals surface area contributed by atoms with E-state index in [4.69, 9.17) is 0 Å². The maximum atomic E-state index is 2.30. The molecule has 100 valence electrons. The second-order valence-electron chi connectivity index (χ2n) is 6.20. The summed E-state index contributed by atoms with van der Waals surface area (Å²) in [7, 11) is 0. The Morgan fingerprint density at radius 1 is 0.455 bits per heavy atom. The van der Waals surface area contributed by atoms with Crippen molar-refractivity contribution in [1.82, 2.24) is 0 Å². The van der Waals surface area contributed by atoms with Crippen LogP contribution in [0.4, 0.5) is 0 Å². The number of hydrogen-bond donors (Lipinski definition) is 0. The Labute approximate surface area is 127 Å². The van der Waals surface area contributed by atoms with Crippen molar-refractivity contribution < 1.29 is 0 Å². The smallest absolute Gasteiger partial charge is 0.00143 e. The summed E-state index contributed by atoms with van der Waals surface area (Å²) in [6.45, 7) is 0. The van der Waals surface area contributed by atoms with E-state index < -0.39 is 0 Å². The molecule has 0 bridgehead atoms. The molecule has 0 amide bonds. The zero-order chi connectivity index (χ0) is 14.3. The first-order chi connectivity index (χ1) is 10.9. The predicted molar refractivity (Wildman–Crippen MR) is 96.6 cm³/mol. The van der Waals surface area contributed by atoms with Crippen molar-refractivity contribution in [3.63, 3.8) is 0 Å². The van der Waals surface area contributed by atoms with Crippen LogP contribution in [0.15, 0.2) is 60.7 Å². The average Bonchev–Trinajstić information content (AvgIpc) is 3.00. The first kappa shape index (κ1) is 10.8. The molecule has 1 aliphatic rings. The van der Waals surface area contributed by atoms with Crippen LogP contribution in [0.25, 0.3) is 55.2 Å². The van der Waals surface area contributed by atoms with Gasteiger partial charge in [0.1, 0.15) is 0 Å². The molecule has 5 aromatic rings. The van der Waals surface area contributed by atoms with E-state index in [1.165, 1.54) is 54.2 Å². The highest BCUT2D eigenvalue weighted by molar-refractivity contribution is 6.33.